The predicted molar refractivity (Wildman–Crippen MR) is 72.6 cm³/mol. The molecule has 0 bridgehead atoms. The van der Waals surface area contributed by atoms with E-state index in [1.165, 1.54) is 11.3 Å². The Morgan fingerprint density at radius 1 is 1.28 bits per heavy atom. The van der Waals surface area contributed by atoms with Gasteiger partial charge in [-0.2, -0.15) is 0 Å². The van der Waals surface area contributed by atoms with Gasteiger partial charge in [0.1, 0.15) is 12.4 Å². The van der Waals surface area contributed by atoms with Crippen LogP contribution in [0.25, 0.3) is 10.9 Å². The summed E-state index contributed by atoms with van der Waals surface area (Å²) in [5, 5.41) is 3.53. The Bertz CT molecular complexity index is 681. The number of anilines is 1. The Balaban J connectivity index is 1.78. The Morgan fingerprint density at radius 2 is 2.22 bits per heavy atom. The summed E-state index contributed by atoms with van der Waals surface area (Å²) in [4.78, 5) is 8.41. The molecule has 0 radical (unpaired) electrons. The fourth-order valence-corrected chi connectivity index (χ4v) is 2.24. The van der Waals surface area contributed by atoms with E-state index in [1.807, 2.05) is 35.7 Å². The highest BCUT2D eigenvalue weighted by molar-refractivity contribution is 7.13. The second-order valence-corrected chi connectivity index (χ2v) is 4.71. The number of ether oxygens (including phenoxy) is 1. The van der Waals surface area contributed by atoms with E-state index >= 15 is 0 Å². The zero-order chi connectivity index (χ0) is 12.4. The van der Waals surface area contributed by atoms with Gasteiger partial charge < -0.3 is 10.5 Å². The van der Waals surface area contributed by atoms with Crippen molar-refractivity contribution < 1.29 is 4.74 Å². The van der Waals surface area contributed by atoms with Gasteiger partial charge in [0.15, 0.2) is 5.13 Å². The average molecular weight is 257 g/mol. The van der Waals surface area contributed by atoms with Gasteiger partial charge in [-0.25, -0.2) is 4.98 Å². The first kappa shape index (κ1) is 11.0. The molecule has 90 valence electrons. The highest BCUT2D eigenvalue weighted by Gasteiger charge is 2.01. The summed E-state index contributed by atoms with van der Waals surface area (Å²) in [6, 6.07) is 9.74. The fraction of sp³-hybridized carbons (Fsp3) is 0.0769. The molecule has 0 spiro atoms. The van der Waals surface area contributed by atoms with Crippen molar-refractivity contribution in [1.29, 1.82) is 0 Å². The van der Waals surface area contributed by atoms with Crippen LogP contribution in [0.3, 0.4) is 0 Å². The predicted octanol–water partition coefficient (Wildman–Crippen LogP) is 2.85. The van der Waals surface area contributed by atoms with Crippen molar-refractivity contribution in [2.24, 2.45) is 0 Å². The van der Waals surface area contributed by atoms with Gasteiger partial charge >= 0.3 is 0 Å². The standard InChI is InChI=1S/C13H11N3OS/c14-13-16-10(8-18-13)7-17-11-3-4-12-9(6-11)2-1-5-15-12/h1-6,8H,7H2,(H2,14,16). The number of nitrogen functional groups attached to an aromatic ring is 1. The zero-order valence-corrected chi connectivity index (χ0v) is 10.4. The monoisotopic (exact) mass is 257 g/mol. The van der Waals surface area contributed by atoms with Crippen molar-refractivity contribution in [3.8, 4) is 5.75 Å². The number of thiazole rings is 1. The lowest BCUT2D eigenvalue weighted by Gasteiger charge is -2.05. The second-order valence-electron chi connectivity index (χ2n) is 3.82. The van der Waals surface area contributed by atoms with Crippen LogP contribution >= 0.6 is 11.3 Å². The topological polar surface area (TPSA) is 61.0 Å². The highest BCUT2D eigenvalue weighted by Crippen LogP contribution is 2.20. The minimum absolute atomic E-state index is 0.430. The van der Waals surface area contributed by atoms with Crippen LogP contribution in [0.5, 0.6) is 5.75 Å². The first-order valence-electron chi connectivity index (χ1n) is 5.49. The molecule has 5 heteroatoms. The van der Waals surface area contributed by atoms with Crippen LogP contribution in [0.15, 0.2) is 41.9 Å². The number of nitrogens with two attached hydrogens (primary N) is 1. The molecule has 1 aromatic carbocycles. The number of nitrogens with zero attached hydrogens (tertiary/aromatic N) is 2. The minimum Gasteiger partial charge on any atom is -0.487 e. The number of hydrogen-bond donors (Lipinski definition) is 1. The molecule has 0 amide bonds. The average Bonchev–Trinajstić information content (AvgIpc) is 2.82. The molecule has 18 heavy (non-hydrogen) atoms. The van der Waals surface area contributed by atoms with Crippen molar-refractivity contribution in [2.75, 3.05) is 5.73 Å². The van der Waals surface area contributed by atoms with E-state index in [9.17, 15) is 0 Å². The normalized spacial score (nSPS) is 10.7. The molecular formula is C13H11N3OS. The molecule has 3 aromatic rings. The summed E-state index contributed by atoms with van der Waals surface area (Å²) < 4.78 is 5.67. The third-order valence-corrected chi connectivity index (χ3v) is 3.25. The van der Waals surface area contributed by atoms with Crippen LogP contribution < -0.4 is 10.5 Å². The van der Waals surface area contributed by atoms with Gasteiger partial charge in [0, 0.05) is 17.0 Å². The van der Waals surface area contributed by atoms with Crippen molar-refractivity contribution in [3.63, 3.8) is 0 Å². The van der Waals surface area contributed by atoms with Gasteiger partial charge in [0.05, 0.1) is 11.2 Å². The molecule has 2 aromatic heterocycles. The van der Waals surface area contributed by atoms with Gasteiger partial charge in [0.25, 0.3) is 0 Å². The lowest BCUT2D eigenvalue weighted by Crippen LogP contribution is -1.96. The van der Waals surface area contributed by atoms with Crippen LogP contribution in [-0.4, -0.2) is 9.97 Å². The molecular weight excluding hydrogens is 246 g/mol. The number of pyridine rings is 1. The lowest BCUT2D eigenvalue weighted by atomic mass is 10.2. The first-order valence-corrected chi connectivity index (χ1v) is 6.37. The molecule has 2 heterocycles. The van der Waals surface area contributed by atoms with Crippen LogP contribution in [0.1, 0.15) is 5.69 Å². The van der Waals surface area contributed by atoms with Gasteiger partial charge in [-0.1, -0.05) is 6.07 Å². The summed E-state index contributed by atoms with van der Waals surface area (Å²) in [5.41, 5.74) is 7.38. The van der Waals surface area contributed by atoms with Crippen molar-refractivity contribution >= 4 is 27.4 Å². The summed E-state index contributed by atoms with van der Waals surface area (Å²) in [7, 11) is 0. The van der Waals surface area contributed by atoms with Gasteiger partial charge in [0.2, 0.25) is 0 Å². The SMILES string of the molecule is Nc1nc(COc2ccc3ncccc3c2)cs1. The van der Waals surface area contributed by atoms with Gasteiger partial charge in [-0.15, -0.1) is 11.3 Å². The van der Waals surface area contributed by atoms with Gasteiger partial charge in [-0.05, 0) is 24.3 Å². The van der Waals surface area contributed by atoms with Crippen LogP contribution in [-0.2, 0) is 6.61 Å². The van der Waals surface area contributed by atoms with E-state index in [2.05, 4.69) is 9.97 Å². The van der Waals surface area contributed by atoms with Gasteiger partial charge in [-0.3, -0.25) is 4.98 Å². The smallest absolute Gasteiger partial charge is 0.180 e. The van der Waals surface area contributed by atoms with Crippen LogP contribution in [0.2, 0.25) is 0 Å². The van der Waals surface area contributed by atoms with E-state index < -0.39 is 0 Å². The highest BCUT2D eigenvalue weighted by atomic mass is 32.1. The Kier molecular flexibility index (Phi) is 2.82. The quantitative estimate of drug-likeness (QED) is 0.783. The third-order valence-electron chi connectivity index (χ3n) is 2.53. The molecule has 0 fully saturated rings. The van der Waals surface area contributed by atoms with E-state index in [0.717, 1.165) is 22.3 Å². The van der Waals surface area contributed by atoms with E-state index in [1.54, 1.807) is 6.20 Å². The maximum atomic E-state index is 5.67. The maximum Gasteiger partial charge on any atom is 0.180 e. The Morgan fingerprint density at radius 3 is 3.06 bits per heavy atom. The maximum absolute atomic E-state index is 5.67. The molecule has 0 unspecified atom stereocenters. The molecule has 0 saturated carbocycles. The minimum atomic E-state index is 0.430. The number of hydrogen-bond acceptors (Lipinski definition) is 5. The molecule has 0 aliphatic carbocycles. The van der Waals surface area contributed by atoms with Crippen LogP contribution in [0, 0.1) is 0 Å². The number of rotatable bonds is 3. The molecule has 0 aliphatic rings. The fourth-order valence-electron chi connectivity index (χ4n) is 1.69. The molecule has 0 atom stereocenters. The molecule has 0 aliphatic heterocycles. The summed E-state index contributed by atoms with van der Waals surface area (Å²) >= 11 is 1.42. The lowest BCUT2D eigenvalue weighted by molar-refractivity contribution is 0.302. The number of fused-ring (bicyclic) bond motifs is 1. The zero-order valence-electron chi connectivity index (χ0n) is 9.54. The molecule has 4 nitrogen and oxygen atoms in total. The van der Waals surface area contributed by atoms with Crippen molar-refractivity contribution in [2.45, 2.75) is 6.61 Å². The number of benzene rings is 1. The van der Waals surface area contributed by atoms with Crippen LogP contribution in [0.4, 0.5) is 5.13 Å². The third kappa shape index (κ3) is 2.26. The van der Waals surface area contributed by atoms with Crippen molar-refractivity contribution in [3.05, 3.63) is 47.6 Å². The van der Waals surface area contributed by atoms with E-state index in [0.29, 0.717) is 11.7 Å². The Hall–Kier alpha value is -2.14. The van der Waals surface area contributed by atoms with E-state index in [4.69, 9.17) is 10.5 Å². The second kappa shape index (κ2) is 4.62. The summed E-state index contributed by atoms with van der Waals surface area (Å²) in [5.74, 6) is 0.807. The van der Waals surface area contributed by atoms with Crippen molar-refractivity contribution in [1.82, 2.24) is 9.97 Å². The molecule has 2 N–H and O–H groups in total. The number of aromatic nitrogens is 2. The summed E-state index contributed by atoms with van der Waals surface area (Å²) in [6.07, 6.45) is 1.78. The molecule has 3 rings (SSSR count). The molecule has 0 saturated heterocycles. The first-order chi connectivity index (χ1) is 8.81. The largest absolute Gasteiger partial charge is 0.487 e. The van der Waals surface area contributed by atoms with E-state index in [-0.39, 0.29) is 0 Å². The Labute approximate surface area is 108 Å². The summed E-state index contributed by atoms with van der Waals surface area (Å²) in [6.45, 7) is 0.430.